The molecule has 1 unspecified atom stereocenters. The van der Waals surface area contributed by atoms with Gasteiger partial charge in [-0.1, -0.05) is 6.92 Å². The Hall–Kier alpha value is -3.02. The first-order valence-corrected chi connectivity index (χ1v) is 8.36. The van der Waals surface area contributed by atoms with E-state index in [-0.39, 0.29) is 18.0 Å². The first-order valence-electron chi connectivity index (χ1n) is 8.36. The van der Waals surface area contributed by atoms with E-state index in [1.165, 1.54) is 0 Å². The third kappa shape index (κ3) is 4.09. The molecule has 2 aromatic carbocycles. The third-order valence-electron chi connectivity index (χ3n) is 4.19. The standard InChI is InChI=1S/C19H22N4O2/c1-2-16-9-5-13-11-15(8-10-17(13)25-16)22-18(24)12-3-6-14(7-4-12)23-19(20)21/h3-4,6-8,10-11,16H,2,5,9H2,1H3,(H,22,24)(H4,20,21,23). The average Bonchev–Trinajstić information content (AvgIpc) is 2.61. The molecule has 0 aromatic heterocycles. The lowest BCUT2D eigenvalue weighted by molar-refractivity contribution is 0.102. The van der Waals surface area contributed by atoms with Crippen molar-refractivity contribution in [3.63, 3.8) is 0 Å². The quantitative estimate of drug-likeness (QED) is 0.589. The molecule has 130 valence electrons. The maximum atomic E-state index is 12.4. The van der Waals surface area contributed by atoms with Crippen molar-refractivity contribution >= 4 is 23.2 Å². The smallest absolute Gasteiger partial charge is 0.255 e. The van der Waals surface area contributed by atoms with Crippen molar-refractivity contribution in [2.45, 2.75) is 32.3 Å². The predicted octanol–water partition coefficient (Wildman–Crippen LogP) is 2.95. The van der Waals surface area contributed by atoms with Crippen LogP contribution in [0.5, 0.6) is 5.75 Å². The molecule has 1 aliphatic heterocycles. The molecule has 3 rings (SSSR count). The highest BCUT2D eigenvalue weighted by molar-refractivity contribution is 6.04. The summed E-state index contributed by atoms with van der Waals surface area (Å²) in [5, 5.41) is 2.91. The number of fused-ring (bicyclic) bond motifs is 1. The number of carbonyl (C=O) groups excluding carboxylic acids is 1. The summed E-state index contributed by atoms with van der Waals surface area (Å²) >= 11 is 0. The summed E-state index contributed by atoms with van der Waals surface area (Å²) in [5.74, 6) is 0.718. The number of ether oxygens (including phenoxy) is 1. The van der Waals surface area contributed by atoms with Gasteiger partial charge in [0, 0.05) is 11.3 Å². The van der Waals surface area contributed by atoms with E-state index < -0.39 is 0 Å². The SMILES string of the molecule is CCC1CCc2cc(NC(=O)c3ccc(N=C(N)N)cc3)ccc2O1. The zero-order valence-corrected chi connectivity index (χ0v) is 14.2. The first-order chi connectivity index (χ1) is 12.0. The van der Waals surface area contributed by atoms with Crippen LogP contribution in [0.4, 0.5) is 11.4 Å². The van der Waals surface area contributed by atoms with Crippen molar-refractivity contribution in [3.05, 3.63) is 53.6 Å². The summed E-state index contributed by atoms with van der Waals surface area (Å²) in [5.41, 5.74) is 13.7. The van der Waals surface area contributed by atoms with E-state index in [1.54, 1.807) is 24.3 Å². The summed E-state index contributed by atoms with van der Waals surface area (Å²) < 4.78 is 5.92. The van der Waals surface area contributed by atoms with Gasteiger partial charge in [-0.05, 0) is 67.3 Å². The number of amides is 1. The molecule has 1 amide bonds. The molecule has 0 spiro atoms. The van der Waals surface area contributed by atoms with E-state index >= 15 is 0 Å². The Labute approximate surface area is 146 Å². The Bertz CT molecular complexity index is 796. The van der Waals surface area contributed by atoms with Gasteiger partial charge in [-0.15, -0.1) is 0 Å². The number of benzene rings is 2. The van der Waals surface area contributed by atoms with Crippen LogP contribution in [0.2, 0.25) is 0 Å². The van der Waals surface area contributed by atoms with Gasteiger partial charge in [-0.3, -0.25) is 4.79 Å². The van der Waals surface area contributed by atoms with Gasteiger partial charge in [0.2, 0.25) is 0 Å². The molecule has 0 saturated carbocycles. The van der Waals surface area contributed by atoms with Crippen molar-refractivity contribution in [3.8, 4) is 5.75 Å². The van der Waals surface area contributed by atoms with E-state index in [2.05, 4.69) is 17.2 Å². The largest absolute Gasteiger partial charge is 0.490 e. The number of hydrogen-bond acceptors (Lipinski definition) is 3. The number of carbonyl (C=O) groups is 1. The number of aryl methyl sites for hydroxylation is 1. The summed E-state index contributed by atoms with van der Waals surface area (Å²) in [7, 11) is 0. The maximum Gasteiger partial charge on any atom is 0.255 e. The molecule has 0 fully saturated rings. The molecule has 0 bridgehead atoms. The Kier molecular flexibility index (Phi) is 4.88. The normalized spacial score (nSPS) is 15.6. The van der Waals surface area contributed by atoms with Crippen LogP contribution in [0.3, 0.4) is 0 Å². The summed E-state index contributed by atoms with van der Waals surface area (Å²) in [6, 6.07) is 12.5. The number of anilines is 1. The molecule has 0 radical (unpaired) electrons. The molecule has 0 saturated heterocycles. The molecular weight excluding hydrogens is 316 g/mol. The number of guanidine groups is 1. The Morgan fingerprint density at radius 1 is 1.24 bits per heavy atom. The van der Waals surface area contributed by atoms with Crippen LogP contribution in [-0.4, -0.2) is 18.0 Å². The van der Waals surface area contributed by atoms with Crippen molar-refractivity contribution < 1.29 is 9.53 Å². The first kappa shape index (κ1) is 16.8. The number of nitrogens with two attached hydrogens (primary N) is 2. The lowest BCUT2D eigenvalue weighted by atomic mass is 10.0. The lowest BCUT2D eigenvalue weighted by Gasteiger charge is -2.25. The van der Waals surface area contributed by atoms with Crippen LogP contribution in [0, 0.1) is 0 Å². The Balaban J connectivity index is 1.70. The number of nitrogens with zero attached hydrogens (tertiary/aromatic N) is 1. The summed E-state index contributed by atoms with van der Waals surface area (Å²) in [6.07, 6.45) is 3.27. The van der Waals surface area contributed by atoms with Gasteiger partial charge in [-0.25, -0.2) is 4.99 Å². The van der Waals surface area contributed by atoms with Gasteiger partial charge in [-0.2, -0.15) is 0 Å². The summed E-state index contributed by atoms with van der Waals surface area (Å²) in [6.45, 7) is 2.13. The zero-order chi connectivity index (χ0) is 17.8. The molecule has 1 heterocycles. The van der Waals surface area contributed by atoms with Crippen LogP contribution in [0.25, 0.3) is 0 Å². The second-order valence-electron chi connectivity index (χ2n) is 6.05. The maximum absolute atomic E-state index is 12.4. The van der Waals surface area contributed by atoms with Gasteiger partial charge in [0.25, 0.3) is 5.91 Å². The number of nitrogens with one attached hydrogen (secondary N) is 1. The van der Waals surface area contributed by atoms with Gasteiger partial charge < -0.3 is 21.5 Å². The number of rotatable bonds is 4. The number of aliphatic imine (C=N–C) groups is 1. The van der Waals surface area contributed by atoms with Crippen LogP contribution < -0.4 is 21.5 Å². The van der Waals surface area contributed by atoms with Crippen molar-refractivity contribution in [2.24, 2.45) is 16.5 Å². The highest BCUT2D eigenvalue weighted by Crippen LogP contribution is 2.31. The van der Waals surface area contributed by atoms with Gasteiger partial charge >= 0.3 is 0 Å². The van der Waals surface area contributed by atoms with Crippen LogP contribution in [-0.2, 0) is 6.42 Å². The average molecular weight is 338 g/mol. The van der Waals surface area contributed by atoms with Crippen LogP contribution >= 0.6 is 0 Å². The van der Waals surface area contributed by atoms with Crippen molar-refractivity contribution in [2.75, 3.05) is 5.32 Å². The van der Waals surface area contributed by atoms with Crippen molar-refractivity contribution in [1.82, 2.24) is 0 Å². The molecule has 0 aliphatic carbocycles. The fraction of sp³-hybridized carbons (Fsp3) is 0.263. The minimum Gasteiger partial charge on any atom is -0.490 e. The molecule has 5 N–H and O–H groups in total. The molecule has 1 aliphatic rings. The summed E-state index contributed by atoms with van der Waals surface area (Å²) in [4.78, 5) is 16.3. The highest BCUT2D eigenvalue weighted by atomic mass is 16.5. The number of hydrogen-bond donors (Lipinski definition) is 3. The second-order valence-corrected chi connectivity index (χ2v) is 6.05. The van der Waals surface area contributed by atoms with E-state index in [1.807, 2.05) is 18.2 Å². The van der Waals surface area contributed by atoms with E-state index in [0.29, 0.717) is 11.3 Å². The van der Waals surface area contributed by atoms with Crippen molar-refractivity contribution in [1.29, 1.82) is 0 Å². The molecule has 2 aromatic rings. The molecular formula is C19H22N4O2. The third-order valence-corrected chi connectivity index (χ3v) is 4.19. The Morgan fingerprint density at radius 2 is 2.00 bits per heavy atom. The minimum atomic E-state index is -0.181. The van der Waals surface area contributed by atoms with Crippen LogP contribution in [0.15, 0.2) is 47.5 Å². The molecule has 6 heteroatoms. The van der Waals surface area contributed by atoms with E-state index in [0.717, 1.165) is 36.3 Å². The van der Waals surface area contributed by atoms with E-state index in [4.69, 9.17) is 16.2 Å². The Morgan fingerprint density at radius 3 is 2.68 bits per heavy atom. The molecule has 1 atom stereocenters. The second kappa shape index (κ2) is 7.25. The fourth-order valence-electron chi connectivity index (χ4n) is 2.85. The zero-order valence-electron chi connectivity index (χ0n) is 14.2. The molecule has 6 nitrogen and oxygen atoms in total. The van der Waals surface area contributed by atoms with Gasteiger partial charge in [0.1, 0.15) is 5.75 Å². The topological polar surface area (TPSA) is 103 Å². The monoisotopic (exact) mass is 338 g/mol. The highest BCUT2D eigenvalue weighted by Gasteiger charge is 2.18. The lowest BCUT2D eigenvalue weighted by Crippen LogP contribution is -2.22. The molecule has 25 heavy (non-hydrogen) atoms. The minimum absolute atomic E-state index is 0.0150. The van der Waals surface area contributed by atoms with Gasteiger partial charge in [0.15, 0.2) is 5.96 Å². The fourth-order valence-corrected chi connectivity index (χ4v) is 2.85. The van der Waals surface area contributed by atoms with E-state index in [9.17, 15) is 4.79 Å². The van der Waals surface area contributed by atoms with Gasteiger partial charge in [0.05, 0.1) is 11.8 Å². The predicted molar refractivity (Wildman–Crippen MR) is 99.3 cm³/mol. The van der Waals surface area contributed by atoms with Crippen LogP contribution in [0.1, 0.15) is 35.7 Å².